The molecule has 1 amide bonds. The zero-order valence-electron chi connectivity index (χ0n) is 18.6. The lowest BCUT2D eigenvalue weighted by Gasteiger charge is -2.30. The highest BCUT2D eigenvalue weighted by molar-refractivity contribution is 7.10. The molecular formula is C22H24ClN5O4S. The van der Waals surface area contributed by atoms with Gasteiger partial charge in [-0.1, -0.05) is 16.8 Å². The van der Waals surface area contributed by atoms with Gasteiger partial charge in [-0.05, 0) is 32.8 Å². The number of hydrogen-bond donors (Lipinski definition) is 0. The maximum atomic E-state index is 12.6. The van der Waals surface area contributed by atoms with Gasteiger partial charge in [0.15, 0.2) is 11.5 Å². The number of thiazole rings is 1. The first-order chi connectivity index (χ1) is 15.9. The summed E-state index contributed by atoms with van der Waals surface area (Å²) in [5.74, 6) is 0.137. The molecule has 1 saturated heterocycles. The number of ether oxygens (including phenoxy) is 1. The van der Waals surface area contributed by atoms with Crippen LogP contribution in [-0.2, 0) is 16.6 Å². The van der Waals surface area contributed by atoms with Crippen molar-refractivity contribution < 1.29 is 18.8 Å². The Bertz CT molecular complexity index is 1190. The molecule has 1 fully saturated rings. The summed E-state index contributed by atoms with van der Waals surface area (Å²) in [5.41, 5.74) is 2.31. The van der Waals surface area contributed by atoms with Crippen LogP contribution in [-0.4, -0.2) is 56.4 Å². The quantitative estimate of drug-likeness (QED) is 0.379. The first-order valence-corrected chi connectivity index (χ1v) is 11.9. The zero-order chi connectivity index (χ0) is 23.5. The fourth-order valence-corrected chi connectivity index (χ4v) is 4.95. The monoisotopic (exact) mass is 489 g/mol. The topological polar surface area (TPSA) is 103 Å². The number of aromatic nitrogens is 4. The van der Waals surface area contributed by atoms with Crippen molar-refractivity contribution in [1.29, 1.82) is 0 Å². The highest BCUT2D eigenvalue weighted by atomic mass is 35.5. The lowest BCUT2D eigenvalue weighted by atomic mass is 9.97. The van der Waals surface area contributed by atoms with Gasteiger partial charge >= 0.3 is 5.97 Å². The van der Waals surface area contributed by atoms with Gasteiger partial charge in [0.25, 0.3) is 0 Å². The maximum Gasteiger partial charge on any atom is 0.360 e. The van der Waals surface area contributed by atoms with E-state index >= 15 is 0 Å². The summed E-state index contributed by atoms with van der Waals surface area (Å²) in [6, 6.07) is 1.54. The number of likely N-dealkylation sites (tertiary alicyclic amines) is 1. The van der Waals surface area contributed by atoms with Crippen molar-refractivity contribution in [2.75, 3.05) is 19.7 Å². The Balaban J connectivity index is 1.35. The smallest absolute Gasteiger partial charge is 0.360 e. The van der Waals surface area contributed by atoms with Crippen LogP contribution in [0, 0.1) is 6.92 Å². The molecule has 0 aliphatic carbocycles. The van der Waals surface area contributed by atoms with Crippen LogP contribution >= 0.6 is 22.9 Å². The van der Waals surface area contributed by atoms with E-state index in [2.05, 4.69) is 15.2 Å². The third-order valence-corrected chi connectivity index (χ3v) is 6.97. The molecule has 9 nitrogen and oxygen atoms in total. The molecule has 0 bridgehead atoms. The van der Waals surface area contributed by atoms with Crippen LogP contribution in [0.25, 0.3) is 17.5 Å². The standard InChI is InChI=1S/C22H24ClN5O4S/c1-4-31-22(30)16-11-18(32-26-16)17-12-33-21(24-17)14-7-9-28(10-8-14)19(29)6-5-15-13(2)25-27(3)20(15)23/h5-6,11-12,14H,4,7-10H2,1-3H3. The van der Waals surface area contributed by atoms with Crippen LogP contribution in [0.4, 0.5) is 0 Å². The molecule has 4 rings (SSSR count). The number of nitrogens with zero attached hydrogens (tertiary/aromatic N) is 5. The van der Waals surface area contributed by atoms with E-state index in [1.54, 1.807) is 48.2 Å². The molecule has 1 aliphatic rings. The van der Waals surface area contributed by atoms with E-state index in [1.807, 2.05) is 17.2 Å². The van der Waals surface area contributed by atoms with E-state index < -0.39 is 5.97 Å². The first-order valence-electron chi connectivity index (χ1n) is 10.6. The van der Waals surface area contributed by atoms with Gasteiger partial charge in [-0.15, -0.1) is 11.3 Å². The van der Waals surface area contributed by atoms with Gasteiger partial charge in [0, 0.05) is 49.1 Å². The van der Waals surface area contributed by atoms with Crippen molar-refractivity contribution in [2.24, 2.45) is 7.05 Å². The van der Waals surface area contributed by atoms with Crippen LogP contribution < -0.4 is 0 Å². The van der Waals surface area contributed by atoms with Gasteiger partial charge in [0.05, 0.1) is 17.3 Å². The van der Waals surface area contributed by atoms with E-state index in [-0.39, 0.29) is 24.1 Å². The first kappa shape index (κ1) is 23.2. The number of esters is 1. The number of hydrogen-bond acceptors (Lipinski definition) is 8. The average Bonchev–Trinajstić information content (AvgIpc) is 3.53. The second-order valence-corrected chi connectivity index (χ2v) is 8.96. The predicted octanol–water partition coefficient (Wildman–Crippen LogP) is 4.09. The van der Waals surface area contributed by atoms with Gasteiger partial charge in [-0.2, -0.15) is 5.10 Å². The number of carbonyl (C=O) groups excluding carboxylic acids is 2. The van der Waals surface area contributed by atoms with E-state index in [4.69, 9.17) is 20.9 Å². The highest BCUT2D eigenvalue weighted by Gasteiger charge is 2.26. The molecule has 0 atom stereocenters. The Morgan fingerprint density at radius 3 is 2.79 bits per heavy atom. The average molecular weight is 490 g/mol. The molecule has 3 aromatic heterocycles. The van der Waals surface area contributed by atoms with Crippen LogP contribution in [0.15, 0.2) is 22.0 Å². The number of piperidine rings is 1. The second kappa shape index (κ2) is 9.88. The molecule has 0 saturated carbocycles. The maximum absolute atomic E-state index is 12.6. The summed E-state index contributed by atoms with van der Waals surface area (Å²) < 4.78 is 11.8. The minimum absolute atomic E-state index is 0.0410. The van der Waals surface area contributed by atoms with E-state index in [1.165, 1.54) is 0 Å². The highest BCUT2D eigenvalue weighted by Crippen LogP contribution is 2.33. The predicted molar refractivity (Wildman–Crippen MR) is 124 cm³/mol. The third kappa shape index (κ3) is 5.01. The summed E-state index contributed by atoms with van der Waals surface area (Å²) >= 11 is 7.78. The minimum Gasteiger partial charge on any atom is -0.461 e. The number of carbonyl (C=O) groups is 2. The van der Waals surface area contributed by atoms with E-state index in [0.717, 1.165) is 29.1 Å². The largest absolute Gasteiger partial charge is 0.461 e. The van der Waals surface area contributed by atoms with Gasteiger partial charge < -0.3 is 14.2 Å². The molecule has 0 spiro atoms. The Kier molecular flexibility index (Phi) is 6.94. The number of aryl methyl sites for hydroxylation is 2. The summed E-state index contributed by atoms with van der Waals surface area (Å²) in [5, 5.41) is 11.4. The SMILES string of the molecule is CCOC(=O)c1cc(-c2csc(C3CCN(C(=O)C=Cc4c(C)nn(C)c4Cl)CC3)n2)on1. The van der Waals surface area contributed by atoms with Gasteiger partial charge in [-0.25, -0.2) is 9.78 Å². The Labute approximate surface area is 200 Å². The van der Waals surface area contributed by atoms with Crippen LogP contribution in [0.1, 0.15) is 52.4 Å². The third-order valence-electron chi connectivity index (χ3n) is 5.51. The zero-order valence-corrected chi connectivity index (χ0v) is 20.1. The van der Waals surface area contributed by atoms with Gasteiger partial charge in [0.2, 0.25) is 5.91 Å². The lowest BCUT2D eigenvalue weighted by molar-refractivity contribution is -0.126. The lowest BCUT2D eigenvalue weighted by Crippen LogP contribution is -2.36. The molecule has 0 aromatic carbocycles. The molecule has 0 radical (unpaired) electrons. The fraction of sp³-hybridized carbons (Fsp3) is 0.409. The van der Waals surface area contributed by atoms with Crippen LogP contribution in [0.5, 0.6) is 0 Å². The molecule has 3 aromatic rings. The Morgan fingerprint density at radius 1 is 1.36 bits per heavy atom. The van der Waals surface area contributed by atoms with Crippen molar-refractivity contribution in [3.05, 3.63) is 44.6 Å². The molecule has 4 heterocycles. The molecule has 11 heteroatoms. The van der Waals surface area contributed by atoms with Crippen LogP contribution in [0.3, 0.4) is 0 Å². The van der Waals surface area contributed by atoms with Crippen molar-refractivity contribution in [3.8, 4) is 11.5 Å². The molecule has 0 unspecified atom stereocenters. The molecule has 0 N–H and O–H groups in total. The number of amides is 1. The van der Waals surface area contributed by atoms with Crippen molar-refractivity contribution in [2.45, 2.75) is 32.6 Å². The van der Waals surface area contributed by atoms with Gasteiger partial charge in [-0.3, -0.25) is 9.48 Å². The molecule has 1 aliphatic heterocycles. The Hall–Kier alpha value is -2.98. The normalized spacial score (nSPS) is 14.8. The van der Waals surface area contributed by atoms with Crippen molar-refractivity contribution in [1.82, 2.24) is 24.8 Å². The molecular weight excluding hydrogens is 466 g/mol. The summed E-state index contributed by atoms with van der Waals surface area (Å²) in [6.45, 7) is 5.17. The minimum atomic E-state index is -0.519. The summed E-state index contributed by atoms with van der Waals surface area (Å²) in [7, 11) is 1.77. The van der Waals surface area contributed by atoms with Crippen molar-refractivity contribution >= 4 is 40.9 Å². The summed E-state index contributed by atoms with van der Waals surface area (Å²) in [6.07, 6.45) is 4.93. The van der Waals surface area contributed by atoms with E-state index in [9.17, 15) is 9.59 Å². The van der Waals surface area contributed by atoms with Gasteiger partial charge in [0.1, 0.15) is 10.8 Å². The second-order valence-electron chi connectivity index (χ2n) is 7.71. The number of halogens is 1. The fourth-order valence-electron chi connectivity index (χ4n) is 3.73. The molecule has 33 heavy (non-hydrogen) atoms. The Morgan fingerprint density at radius 2 is 2.12 bits per heavy atom. The van der Waals surface area contributed by atoms with Crippen molar-refractivity contribution in [3.63, 3.8) is 0 Å². The summed E-state index contributed by atoms with van der Waals surface area (Å²) in [4.78, 5) is 30.9. The van der Waals surface area contributed by atoms with E-state index in [0.29, 0.717) is 29.7 Å². The van der Waals surface area contributed by atoms with Crippen LogP contribution in [0.2, 0.25) is 5.15 Å². The number of rotatable bonds is 6. The molecule has 174 valence electrons.